The predicted molar refractivity (Wildman–Crippen MR) is 179 cm³/mol. The Morgan fingerprint density at radius 1 is 1.02 bits per heavy atom. The van der Waals surface area contributed by atoms with Gasteiger partial charge in [0, 0.05) is 19.6 Å². The van der Waals surface area contributed by atoms with Crippen LogP contribution in [0.3, 0.4) is 0 Å². The van der Waals surface area contributed by atoms with Crippen molar-refractivity contribution in [3.63, 3.8) is 0 Å². The second-order valence-electron chi connectivity index (χ2n) is 15.8. The third kappa shape index (κ3) is 8.07. The number of amides is 5. The summed E-state index contributed by atoms with van der Waals surface area (Å²) in [5, 5.41) is 7.85. The molecule has 262 valence electrons. The molecule has 4 rings (SSSR count). The number of carbonyl (C=O) groups is 6. The molecule has 1 saturated heterocycles. The summed E-state index contributed by atoms with van der Waals surface area (Å²) in [7, 11) is 0. The van der Waals surface area contributed by atoms with Gasteiger partial charge in [0.1, 0.15) is 23.7 Å². The molecule has 3 aliphatic rings. The van der Waals surface area contributed by atoms with E-state index in [1.165, 1.54) is 16.5 Å². The molecule has 1 saturated carbocycles. The van der Waals surface area contributed by atoms with Gasteiger partial charge >= 0.3 is 6.09 Å². The van der Waals surface area contributed by atoms with Gasteiger partial charge in [0.15, 0.2) is 0 Å². The lowest BCUT2D eigenvalue weighted by Crippen LogP contribution is -2.60. The smallest absolute Gasteiger partial charge is 0.408 e. The molecule has 0 spiro atoms. The van der Waals surface area contributed by atoms with Gasteiger partial charge in [-0.3, -0.25) is 24.0 Å². The lowest BCUT2D eigenvalue weighted by molar-refractivity contribution is -0.145. The summed E-state index contributed by atoms with van der Waals surface area (Å²) in [6.45, 7) is 19.2. The molecule has 48 heavy (non-hydrogen) atoms. The van der Waals surface area contributed by atoms with E-state index in [0.29, 0.717) is 26.1 Å². The molecule has 5 amide bonds. The standard InChI is InChI=1S/C36H51N5O7/c1-10-13-24(28(43)31(45)37-18-25(42)40-17-16-21-14-11-12-15-22(21)19-40)38-30(44)27-26-23(36(26,8)9)20-41(27)32(46)29(34(2,3)4)39-33(47)48-35(5,6)7/h10-12,14-15,23-24,26-27,29H,1,13,16-20H2,2-9H3,(H,37,45)(H,38,44)(H,39,47)/t23?,24?,26?,27-,29+/m0/s1. The van der Waals surface area contributed by atoms with Gasteiger partial charge in [0.25, 0.3) is 5.91 Å². The molecule has 2 heterocycles. The number of fused-ring (bicyclic) bond motifs is 2. The largest absolute Gasteiger partial charge is 0.444 e. The van der Waals surface area contributed by atoms with Crippen LogP contribution in [0.25, 0.3) is 0 Å². The third-order valence-electron chi connectivity index (χ3n) is 9.68. The molecule has 3 N–H and O–H groups in total. The third-order valence-corrected chi connectivity index (χ3v) is 9.68. The van der Waals surface area contributed by atoms with Crippen molar-refractivity contribution in [1.29, 1.82) is 0 Å². The Balaban J connectivity index is 1.43. The van der Waals surface area contributed by atoms with Crippen LogP contribution >= 0.6 is 0 Å². The highest BCUT2D eigenvalue weighted by Gasteiger charge is 2.70. The Morgan fingerprint density at radius 3 is 2.27 bits per heavy atom. The molecule has 5 atom stereocenters. The number of piperidine rings is 1. The van der Waals surface area contributed by atoms with Gasteiger partial charge in [0.05, 0.1) is 6.54 Å². The van der Waals surface area contributed by atoms with E-state index in [9.17, 15) is 28.8 Å². The number of rotatable bonds is 10. The second kappa shape index (κ2) is 13.7. The van der Waals surface area contributed by atoms with Crippen molar-refractivity contribution in [2.24, 2.45) is 22.7 Å². The Bertz CT molecular complexity index is 1470. The van der Waals surface area contributed by atoms with Crippen molar-refractivity contribution in [3.8, 4) is 0 Å². The fourth-order valence-electron chi connectivity index (χ4n) is 6.93. The Morgan fingerprint density at radius 2 is 1.67 bits per heavy atom. The maximum atomic E-state index is 14.1. The van der Waals surface area contributed by atoms with Crippen molar-refractivity contribution in [1.82, 2.24) is 25.8 Å². The number of nitrogens with one attached hydrogen (secondary N) is 3. The van der Waals surface area contributed by atoms with Crippen molar-refractivity contribution in [2.45, 2.75) is 98.5 Å². The minimum atomic E-state index is -1.25. The van der Waals surface area contributed by atoms with E-state index < -0.39 is 58.7 Å². The molecule has 2 fully saturated rings. The highest BCUT2D eigenvalue weighted by atomic mass is 16.6. The highest BCUT2D eigenvalue weighted by molar-refractivity contribution is 6.38. The number of carbonyl (C=O) groups excluding carboxylic acids is 6. The zero-order chi connectivity index (χ0) is 35.8. The van der Waals surface area contributed by atoms with Crippen LogP contribution in [-0.4, -0.2) is 88.7 Å². The summed E-state index contributed by atoms with van der Waals surface area (Å²) in [5.74, 6) is -3.35. The number of alkyl carbamates (subject to hydrolysis) is 1. The molecule has 1 aromatic carbocycles. The maximum absolute atomic E-state index is 14.1. The molecule has 2 aliphatic heterocycles. The van der Waals surface area contributed by atoms with E-state index in [4.69, 9.17) is 4.74 Å². The van der Waals surface area contributed by atoms with Gasteiger partial charge in [-0.1, -0.05) is 65.0 Å². The Kier molecular flexibility index (Phi) is 10.5. The van der Waals surface area contributed by atoms with Crippen LogP contribution < -0.4 is 16.0 Å². The van der Waals surface area contributed by atoms with Crippen LogP contribution in [-0.2, 0) is 41.7 Å². The number of likely N-dealkylation sites (tertiary alicyclic amines) is 1. The van der Waals surface area contributed by atoms with Gasteiger partial charge < -0.3 is 30.5 Å². The normalized spacial score (nSPS) is 22.3. The van der Waals surface area contributed by atoms with Crippen molar-refractivity contribution < 1.29 is 33.5 Å². The molecule has 1 aromatic rings. The Hall–Kier alpha value is -4.22. The molecule has 12 nitrogen and oxygen atoms in total. The fraction of sp³-hybridized carbons (Fsp3) is 0.611. The first kappa shape index (κ1) is 36.6. The van der Waals surface area contributed by atoms with Gasteiger partial charge in [-0.05, 0) is 67.4 Å². The zero-order valence-electron chi connectivity index (χ0n) is 29.5. The molecule has 1 aliphatic carbocycles. The SMILES string of the molecule is C=CCC(NC(=O)[C@@H]1C2C(CN1C(=O)[C@@H](NC(=O)OC(C)(C)C)C(C)(C)C)C2(C)C)C(=O)C(=O)NCC(=O)N1CCc2ccccc2C1. The van der Waals surface area contributed by atoms with Crippen LogP contribution in [0.1, 0.15) is 72.9 Å². The summed E-state index contributed by atoms with van der Waals surface area (Å²) >= 11 is 0. The summed E-state index contributed by atoms with van der Waals surface area (Å²) in [4.78, 5) is 83.0. The first-order chi connectivity index (χ1) is 22.3. The Labute approximate surface area is 283 Å². The number of nitrogens with zero attached hydrogens (tertiary/aromatic N) is 2. The minimum absolute atomic E-state index is 0.0299. The van der Waals surface area contributed by atoms with Crippen molar-refractivity contribution >= 4 is 35.5 Å². The fourth-order valence-corrected chi connectivity index (χ4v) is 6.93. The van der Waals surface area contributed by atoms with Gasteiger partial charge in [0.2, 0.25) is 23.5 Å². The van der Waals surface area contributed by atoms with E-state index in [2.05, 4.69) is 22.5 Å². The number of hydrogen-bond donors (Lipinski definition) is 3. The summed E-state index contributed by atoms with van der Waals surface area (Å²) in [6.07, 6.45) is 1.36. The van der Waals surface area contributed by atoms with E-state index in [1.807, 2.05) is 58.9 Å². The lowest BCUT2D eigenvalue weighted by atomic mass is 9.85. The zero-order valence-corrected chi connectivity index (χ0v) is 29.5. The van der Waals surface area contributed by atoms with Crippen LogP contribution in [0.15, 0.2) is 36.9 Å². The van der Waals surface area contributed by atoms with E-state index in [-0.39, 0.29) is 36.1 Å². The average Bonchev–Trinajstić information content (AvgIpc) is 3.31. The summed E-state index contributed by atoms with van der Waals surface area (Å²) < 4.78 is 5.42. The number of ether oxygens (including phenoxy) is 1. The van der Waals surface area contributed by atoms with Gasteiger partial charge in [-0.15, -0.1) is 6.58 Å². The lowest BCUT2D eigenvalue weighted by Gasteiger charge is -2.38. The summed E-state index contributed by atoms with van der Waals surface area (Å²) in [6, 6.07) is 4.70. The highest BCUT2D eigenvalue weighted by Crippen LogP contribution is 2.65. The average molecular weight is 666 g/mol. The quantitative estimate of drug-likeness (QED) is 0.257. The first-order valence-corrected chi connectivity index (χ1v) is 16.6. The molecule has 0 bridgehead atoms. The molecular weight excluding hydrogens is 614 g/mol. The minimum Gasteiger partial charge on any atom is -0.444 e. The molecule has 12 heteroatoms. The number of benzene rings is 1. The summed E-state index contributed by atoms with van der Waals surface area (Å²) in [5.41, 5.74) is 0.512. The van der Waals surface area contributed by atoms with E-state index >= 15 is 0 Å². The molecule has 0 aromatic heterocycles. The van der Waals surface area contributed by atoms with Crippen LogP contribution in [0.4, 0.5) is 4.79 Å². The maximum Gasteiger partial charge on any atom is 0.408 e. The van der Waals surface area contributed by atoms with Crippen LogP contribution in [0.2, 0.25) is 0 Å². The van der Waals surface area contributed by atoms with E-state index in [0.717, 1.165) is 5.56 Å². The number of hydrogen-bond acceptors (Lipinski definition) is 7. The topological polar surface area (TPSA) is 154 Å². The molecular formula is C36H51N5O7. The molecule has 0 radical (unpaired) electrons. The van der Waals surface area contributed by atoms with Gasteiger partial charge in [-0.2, -0.15) is 0 Å². The number of Topliss-reactive ketones (excluding diaryl/α,β-unsaturated/α-hetero) is 1. The van der Waals surface area contributed by atoms with Crippen molar-refractivity contribution in [3.05, 3.63) is 48.0 Å². The van der Waals surface area contributed by atoms with E-state index in [1.54, 1.807) is 25.7 Å². The van der Waals surface area contributed by atoms with Gasteiger partial charge in [-0.25, -0.2) is 4.79 Å². The predicted octanol–water partition coefficient (Wildman–Crippen LogP) is 2.74. The second-order valence-corrected chi connectivity index (χ2v) is 15.8. The van der Waals surface area contributed by atoms with Crippen molar-refractivity contribution in [2.75, 3.05) is 19.6 Å². The van der Waals surface area contributed by atoms with Crippen LogP contribution in [0, 0.1) is 22.7 Å². The number of ketones is 1. The first-order valence-electron chi connectivity index (χ1n) is 16.6. The molecule has 3 unspecified atom stereocenters. The monoisotopic (exact) mass is 665 g/mol. The van der Waals surface area contributed by atoms with Crippen LogP contribution in [0.5, 0.6) is 0 Å².